The number of amides is 1. The van der Waals surface area contributed by atoms with Gasteiger partial charge in [0.1, 0.15) is 0 Å². The van der Waals surface area contributed by atoms with Crippen LogP contribution in [0.3, 0.4) is 0 Å². The minimum Gasteiger partial charge on any atom is -0.272 e. The maximum absolute atomic E-state index is 12.5. The average Bonchev–Trinajstić information content (AvgIpc) is 2.87. The first kappa shape index (κ1) is 12.8. The molecule has 18 heavy (non-hydrogen) atoms. The quantitative estimate of drug-likeness (QED) is 0.802. The highest BCUT2D eigenvalue weighted by molar-refractivity contribution is 5.84. The molecule has 2 rings (SSSR count). The van der Waals surface area contributed by atoms with Gasteiger partial charge in [0.2, 0.25) is 5.91 Å². The van der Waals surface area contributed by atoms with E-state index in [1.807, 2.05) is 45.2 Å². The van der Waals surface area contributed by atoms with Gasteiger partial charge in [-0.1, -0.05) is 51.1 Å². The minimum absolute atomic E-state index is 0.0597. The van der Waals surface area contributed by atoms with Crippen LogP contribution in [-0.4, -0.2) is 17.1 Å². The van der Waals surface area contributed by atoms with Crippen LogP contribution in [0.15, 0.2) is 35.4 Å². The van der Waals surface area contributed by atoms with Gasteiger partial charge in [-0.2, -0.15) is 5.10 Å². The van der Waals surface area contributed by atoms with Gasteiger partial charge in [0.15, 0.2) is 0 Å². The predicted molar refractivity (Wildman–Crippen MR) is 73.2 cm³/mol. The van der Waals surface area contributed by atoms with Gasteiger partial charge < -0.3 is 0 Å². The summed E-state index contributed by atoms with van der Waals surface area (Å²) in [4.78, 5) is 12.5. The fourth-order valence-corrected chi connectivity index (χ4v) is 2.02. The summed E-state index contributed by atoms with van der Waals surface area (Å²) < 4.78 is 0. The van der Waals surface area contributed by atoms with Gasteiger partial charge in [-0.05, 0) is 12.0 Å². The fraction of sp³-hybridized carbons (Fsp3) is 0.467. The number of hydrogen-bond donors (Lipinski definition) is 0. The topological polar surface area (TPSA) is 32.7 Å². The van der Waals surface area contributed by atoms with Crippen LogP contribution in [0.2, 0.25) is 0 Å². The molecule has 0 aromatic heterocycles. The minimum atomic E-state index is -0.352. The van der Waals surface area contributed by atoms with Gasteiger partial charge in [-0.15, -0.1) is 0 Å². The summed E-state index contributed by atoms with van der Waals surface area (Å²) in [6.45, 7) is 5.99. The molecule has 1 aromatic rings. The second kappa shape index (κ2) is 4.92. The van der Waals surface area contributed by atoms with E-state index in [9.17, 15) is 4.79 Å². The number of rotatable bonds is 3. The first-order chi connectivity index (χ1) is 8.56. The average molecular weight is 244 g/mol. The number of hydrogen-bond acceptors (Lipinski definition) is 2. The van der Waals surface area contributed by atoms with Crippen LogP contribution in [0.5, 0.6) is 0 Å². The second-order valence-electron chi connectivity index (χ2n) is 5.35. The van der Waals surface area contributed by atoms with Crippen LogP contribution in [-0.2, 0) is 4.79 Å². The van der Waals surface area contributed by atoms with Crippen molar-refractivity contribution in [3.05, 3.63) is 35.9 Å². The second-order valence-corrected chi connectivity index (χ2v) is 5.35. The van der Waals surface area contributed by atoms with E-state index in [-0.39, 0.29) is 17.4 Å². The van der Waals surface area contributed by atoms with Gasteiger partial charge >= 0.3 is 0 Å². The Morgan fingerprint density at radius 1 is 1.39 bits per heavy atom. The third kappa shape index (κ3) is 2.30. The highest BCUT2D eigenvalue weighted by Gasteiger charge is 2.36. The monoisotopic (exact) mass is 244 g/mol. The Bertz CT molecular complexity index is 451. The zero-order valence-corrected chi connectivity index (χ0v) is 11.3. The van der Waals surface area contributed by atoms with E-state index in [1.165, 1.54) is 0 Å². The highest BCUT2D eigenvalue weighted by Crippen LogP contribution is 2.33. The highest BCUT2D eigenvalue weighted by atomic mass is 16.2. The fourth-order valence-electron chi connectivity index (χ4n) is 2.02. The van der Waals surface area contributed by atoms with Gasteiger partial charge in [0, 0.05) is 18.1 Å². The molecule has 0 saturated carbocycles. The van der Waals surface area contributed by atoms with Crippen LogP contribution >= 0.6 is 0 Å². The van der Waals surface area contributed by atoms with Crippen molar-refractivity contribution in [3.63, 3.8) is 0 Å². The summed E-state index contributed by atoms with van der Waals surface area (Å²) in [6.07, 6.45) is 3.45. The zero-order valence-electron chi connectivity index (χ0n) is 11.3. The van der Waals surface area contributed by atoms with Gasteiger partial charge in [0.25, 0.3) is 0 Å². The molecule has 0 radical (unpaired) electrons. The Morgan fingerprint density at radius 2 is 2.06 bits per heavy atom. The van der Waals surface area contributed by atoms with Crippen LogP contribution in [0.1, 0.15) is 45.2 Å². The van der Waals surface area contributed by atoms with E-state index in [4.69, 9.17) is 0 Å². The van der Waals surface area contributed by atoms with Crippen molar-refractivity contribution in [2.75, 3.05) is 0 Å². The Balaban J connectivity index is 2.23. The molecule has 1 amide bonds. The lowest BCUT2D eigenvalue weighted by atomic mass is 9.88. The van der Waals surface area contributed by atoms with E-state index in [1.54, 1.807) is 5.01 Å². The number of hydrazone groups is 1. The maximum Gasteiger partial charge on any atom is 0.248 e. The molecule has 1 aromatic carbocycles. The molecule has 0 bridgehead atoms. The number of nitrogens with zero attached hydrogens (tertiary/aromatic N) is 2. The largest absolute Gasteiger partial charge is 0.272 e. The third-order valence-electron chi connectivity index (χ3n) is 3.69. The molecule has 1 aliphatic heterocycles. The first-order valence-corrected chi connectivity index (χ1v) is 6.47. The lowest BCUT2D eigenvalue weighted by Crippen LogP contribution is -2.37. The SMILES string of the molecule is CCC(C)(C)C(=O)N1N=CCC1c1ccccc1. The first-order valence-electron chi connectivity index (χ1n) is 6.47. The van der Waals surface area contributed by atoms with Gasteiger partial charge in [-0.3, -0.25) is 4.79 Å². The summed E-state index contributed by atoms with van der Waals surface area (Å²) in [7, 11) is 0. The molecular weight excluding hydrogens is 224 g/mol. The lowest BCUT2D eigenvalue weighted by molar-refractivity contribution is -0.142. The third-order valence-corrected chi connectivity index (χ3v) is 3.69. The number of carbonyl (C=O) groups excluding carboxylic acids is 1. The van der Waals surface area contributed by atoms with Gasteiger partial charge in [0.05, 0.1) is 6.04 Å². The lowest BCUT2D eigenvalue weighted by Gasteiger charge is -2.30. The van der Waals surface area contributed by atoms with E-state index < -0.39 is 0 Å². The maximum atomic E-state index is 12.5. The van der Waals surface area contributed by atoms with Crippen LogP contribution < -0.4 is 0 Å². The van der Waals surface area contributed by atoms with Crippen molar-refractivity contribution >= 4 is 12.1 Å². The molecule has 1 unspecified atom stereocenters. The zero-order chi connectivity index (χ0) is 13.2. The number of carbonyl (C=O) groups is 1. The summed E-state index contributed by atoms with van der Waals surface area (Å²) in [5.41, 5.74) is 0.796. The molecule has 3 nitrogen and oxygen atoms in total. The molecule has 1 heterocycles. The number of benzene rings is 1. The van der Waals surface area contributed by atoms with Crippen molar-refractivity contribution in [3.8, 4) is 0 Å². The Kier molecular flexibility index (Phi) is 3.50. The van der Waals surface area contributed by atoms with Crippen molar-refractivity contribution in [1.82, 2.24) is 5.01 Å². The molecule has 0 fully saturated rings. The molecule has 3 heteroatoms. The van der Waals surface area contributed by atoms with E-state index in [0.29, 0.717) is 0 Å². The summed E-state index contributed by atoms with van der Waals surface area (Å²) in [5.74, 6) is 0.104. The standard InChI is InChI=1S/C15H20N2O/c1-4-15(2,3)14(18)17-13(10-11-16-17)12-8-6-5-7-9-12/h5-9,11,13H,4,10H2,1-3H3. The van der Waals surface area contributed by atoms with E-state index in [2.05, 4.69) is 17.2 Å². The van der Waals surface area contributed by atoms with Crippen molar-refractivity contribution < 1.29 is 4.79 Å². The van der Waals surface area contributed by atoms with Gasteiger partial charge in [-0.25, -0.2) is 5.01 Å². The molecule has 96 valence electrons. The Morgan fingerprint density at radius 3 is 2.67 bits per heavy atom. The van der Waals surface area contributed by atoms with Crippen molar-refractivity contribution in [1.29, 1.82) is 0 Å². The van der Waals surface area contributed by atoms with Crippen LogP contribution in [0.25, 0.3) is 0 Å². The van der Waals surface area contributed by atoms with Crippen LogP contribution in [0.4, 0.5) is 0 Å². The predicted octanol–water partition coefficient (Wildman–Crippen LogP) is 3.38. The Hall–Kier alpha value is -1.64. The normalized spacial score (nSPS) is 19.3. The summed E-state index contributed by atoms with van der Waals surface area (Å²) in [5, 5.41) is 5.92. The smallest absolute Gasteiger partial charge is 0.248 e. The molecule has 1 aliphatic rings. The molecule has 0 N–H and O–H groups in total. The molecule has 0 saturated heterocycles. The van der Waals surface area contributed by atoms with Crippen molar-refractivity contribution in [2.45, 2.75) is 39.7 Å². The Labute approximate surface area is 108 Å². The van der Waals surface area contributed by atoms with Crippen molar-refractivity contribution in [2.24, 2.45) is 10.5 Å². The summed E-state index contributed by atoms with van der Waals surface area (Å²) >= 11 is 0. The molecule has 0 spiro atoms. The molecule has 1 atom stereocenters. The molecule has 0 aliphatic carbocycles. The summed E-state index contributed by atoms with van der Waals surface area (Å²) in [6, 6.07) is 10.2. The molecular formula is C15H20N2O. The van der Waals surface area contributed by atoms with E-state index in [0.717, 1.165) is 18.4 Å². The van der Waals surface area contributed by atoms with E-state index >= 15 is 0 Å². The van der Waals surface area contributed by atoms with Crippen LogP contribution in [0, 0.1) is 5.41 Å².